The third kappa shape index (κ3) is 3.65. The minimum atomic E-state index is 0.951. The van der Waals surface area contributed by atoms with Crippen LogP contribution in [0.3, 0.4) is 0 Å². The van der Waals surface area contributed by atoms with Crippen LogP contribution < -0.4 is 0 Å². The molecule has 0 saturated heterocycles. The Hall–Kier alpha value is -5.34. The van der Waals surface area contributed by atoms with Crippen molar-refractivity contribution in [2.75, 3.05) is 0 Å². The number of aliphatic imine (C=N–C) groups is 2. The molecule has 186 valence electrons. The van der Waals surface area contributed by atoms with Gasteiger partial charge in [0.05, 0.1) is 22.8 Å². The molecule has 0 aromatic heterocycles. The van der Waals surface area contributed by atoms with E-state index in [0.29, 0.717) is 0 Å². The highest BCUT2D eigenvalue weighted by Gasteiger charge is 2.25. The summed E-state index contributed by atoms with van der Waals surface area (Å²) in [6.07, 6.45) is 0. The molecule has 0 atom stereocenters. The van der Waals surface area contributed by atoms with Crippen LogP contribution in [-0.4, -0.2) is 11.4 Å². The fraction of sp³-hybridized carbons (Fsp3) is 0. The van der Waals surface area contributed by atoms with Gasteiger partial charge in [0.25, 0.3) is 0 Å². The number of nitrogens with zero attached hydrogens (tertiary/aromatic N) is 2. The fourth-order valence-corrected chi connectivity index (χ4v) is 5.94. The van der Waals surface area contributed by atoms with Gasteiger partial charge in [-0.1, -0.05) is 121 Å². The van der Waals surface area contributed by atoms with Gasteiger partial charge in [-0.05, 0) is 57.6 Å². The van der Waals surface area contributed by atoms with Crippen molar-refractivity contribution >= 4 is 22.8 Å². The van der Waals surface area contributed by atoms with Gasteiger partial charge in [0.2, 0.25) is 0 Å². The zero-order valence-electron chi connectivity index (χ0n) is 21.8. The normalized spacial score (nSPS) is 12.4. The Balaban J connectivity index is 1.09. The average Bonchev–Trinajstić information content (AvgIpc) is 3.51. The van der Waals surface area contributed by atoms with E-state index in [4.69, 9.17) is 9.98 Å². The molecule has 2 heteroatoms. The second kappa shape index (κ2) is 9.14. The van der Waals surface area contributed by atoms with Gasteiger partial charge in [-0.15, -0.1) is 0 Å². The quantitative estimate of drug-likeness (QED) is 0.227. The minimum absolute atomic E-state index is 0.951. The molecule has 0 bridgehead atoms. The van der Waals surface area contributed by atoms with Gasteiger partial charge in [-0.2, -0.15) is 0 Å². The highest BCUT2D eigenvalue weighted by Crippen LogP contribution is 2.39. The first-order chi connectivity index (χ1) is 19.8. The first kappa shape index (κ1) is 22.6. The zero-order valence-corrected chi connectivity index (χ0v) is 21.8. The van der Waals surface area contributed by atoms with Crippen LogP contribution in [0.15, 0.2) is 156 Å². The molecule has 2 aliphatic rings. The second-order valence-electron chi connectivity index (χ2n) is 10.2. The molecular weight excluding hydrogens is 484 g/mol. The van der Waals surface area contributed by atoms with Crippen LogP contribution in [0.1, 0.15) is 22.3 Å². The van der Waals surface area contributed by atoms with E-state index in [1.54, 1.807) is 0 Å². The fourth-order valence-electron chi connectivity index (χ4n) is 5.94. The van der Waals surface area contributed by atoms with E-state index in [9.17, 15) is 0 Å². The smallest absolute Gasteiger partial charge is 0.0794 e. The van der Waals surface area contributed by atoms with Crippen LogP contribution >= 0.6 is 0 Å². The summed E-state index contributed by atoms with van der Waals surface area (Å²) >= 11 is 0. The van der Waals surface area contributed by atoms with Crippen molar-refractivity contribution in [2.24, 2.45) is 9.98 Å². The van der Waals surface area contributed by atoms with Gasteiger partial charge in [0.15, 0.2) is 0 Å². The molecule has 0 heterocycles. The predicted molar refractivity (Wildman–Crippen MR) is 166 cm³/mol. The topological polar surface area (TPSA) is 24.7 Å². The molecular formula is C38H24N2. The molecule has 0 spiro atoms. The maximum atomic E-state index is 5.08. The van der Waals surface area contributed by atoms with E-state index in [-0.39, 0.29) is 0 Å². The van der Waals surface area contributed by atoms with Gasteiger partial charge >= 0.3 is 0 Å². The number of benzene rings is 6. The summed E-state index contributed by atoms with van der Waals surface area (Å²) in [5.41, 5.74) is 16.1. The summed E-state index contributed by atoms with van der Waals surface area (Å²) in [4.78, 5) is 10.2. The van der Waals surface area contributed by atoms with Crippen molar-refractivity contribution < 1.29 is 0 Å². The summed E-state index contributed by atoms with van der Waals surface area (Å²) < 4.78 is 0. The molecule has 0 N–H and O–H groups in total. The molecule has 0 radical (unpaired) electrons. The van der Waals surface area contributed by atoms with Crippen LogP contribution in [-0.2, 0) is 0 Å². The minimum Gasteiger partial charge on any atom is -0.248 e. The van der Waals surface area contributed by atoms with Crippen LogP contribution in [0, 0.1) is 0 Å². The van der Waals surface area contributed by atoms with Crippen molar-refractivity contribution in [3.8, 4) is 33.4 Å². The van der Waals surface area contributed by atoms with E-state index in [0.717, 1.165) is 33.9 Å². The van der Waals surface area contributed by atoms with Gasteiger partial charge < -0.3 is 0 Å². The Morgan fingerprint density at radius 1 is 0.250 bits per heavy atom. The summed E-state index contributed by atoms with van der Waals surface area (Å²) in [5.74, 6) is 0. The first-order valence-electron chi connectivity index (χ1n) is 13.6. The summed E-state index contributed by atoms with van der Waals surface area (Å²) in [6.45, 7) is 0. The lowest BCUT2D eigenvalue weighted by Crippen LogP contribution is -1.97. The lowest BCUT2D eigenvalue weighted by Gasteiger charge is -2.06. The van der Waals surface area contributed by atoms with Gasteiger partial charge in [-0.3, -0.25) is 0 Å². The molecule has 0 fully saturated rings. The number of fused-ring (bicyclic) bond motifs is 6. The Kier molecular flexibility index (Phi) is 5.17. The van der Waals surface area contributed by atoms with Crippen LogP contribution in [0.2, 0.25) is 0 Å². The monoisotopic (exact) mass is 508 g/mol. The van der Waals surface area contributed by atoms with Crippen molar-refractivity contribution in [3.63, 3.8) is 0 Å². The van der Waals surface area contributed by atoms with Gasteiger partial charge in [-0.25, -0.2) is 9.98 Å². The number of hydrogen-bond acceptors (Lipinski definition) is 2. The molecule has 2 aliphatic carbocycles. The van der Waals surface area contributed by atoms with Crippen molar-refractivity contribution in [3.05, 3.63) is 168 Å². The van der Waals surface area contributed by atoms with E-state index >= 15 is 0 Å². The molecule has 2 nitrogen and oxygen atoms in total. The van der Waals surface area contributed by atoms with E-state index in [2.05, 4.69) is 146 Å². The summed E-state index contributed by atoms with van der Waals surface area (Å²) in [5, 5.41) is 0. The second-order valence-corrected chi connectivity index (χ2v) is 10.2. The van der Waals surface area contributed by atoms with Crippen LogP contribution in [0.4, 0.5) is 11.4 Å². The van der Waals surface area contributed by atoms with E-state index in [1.165, 1.54) is 44.5 Å². The molecule has 40 heavy (non-hydrogen) atoms. The molecule has 6 aromatic carbocycles. The predicted octanol–water partition coefficient (Wildman–Crippen LogP) is 9.65. The summed E-state index contributed by atoms with van der Waals surface area (Å²) in [7, 11) is 0. The SMILES string of the molecule is c1ccc2c(c1)C(=Nc1ccc(-c3ccc(N=C4c5ccccc5-c5ccccc54)cc3)cc1)c1ccccc1-2. The highest BCUT2D eigenvalue weighted by molar-refractivity contribution is 6.26. The zero-order chi connectivity index (χ0) is 26.5. The number of hydrogen-bond donors (Lipinski definition) is 0. The Bertz CT molecular complexity index is 1730. The van der Waals surface area contributed by atoms with Crippen LogP contribution in [0.5, 0.6) is 0 Å². The van der Waals surface area contributed by atoms with Crippen LogP contribution in [0.25, 0.3) is 33.4 Å². The third-order valence-electron chi connectivity index (χ3n) is 7.86. The molecule has 0 saturated carbocycles. The van der Waals surface area contributed by atoms with E-state index in [1.807, 2.05) is 0 Å². The molecule has 0 amide bonds. The number of rotatable bonds is 3. The molecule has 0 aliphatic heterocycles. The van der Waals surface area contributed by atoms with Gasteiger partial charge in [0.1, 0.15) is 0 Å². The average molecular weight is 509 g/mol. The molecule has 8 rings (SSSR count). The maximum Gasteiger partial charge on any atom is 0.0794 e. The lowest BCUT2D eigenvalue weighted by molar-refractivity contribution is 1.48. The molecule has 0 unspecified atom stereocenters. The standard InChI is InChI=1S/C38H24N2/c1-5-13-33-29(9-1)30-10-2-6-14-34(30)37(33)39-27-21-17-25(18-22-27)26-19-23-28(24-20-26)40-38-35-15-7-3-11-31(35)32-12-4-8-16-36(32)38/h1-24H. The van der Waals surface area contributed by atoms with Gasteiger partial charge in [0, 0.05) is 22.3 Å². The Morgan fingerprint density at radius 2 is 0.500 bits per heavy atom. The first-order valence-corrected chi connectivity index (χ1v) is 13.6. The molecule has 6 aromatic rings. The Morgan fingerprint density at radius 3 is 0.775 bits per heavy atom. The van der Waals surface area contributed by atoms with E-state index < -0.39 is 0 Å². The van der Waals surface area contributed by atoms with Crippen molar-refractivity contribution in [1.82, 2.24) is 0 Å². The summed E-state index contributed by atoms with van der Waals surface area (Å²) in [6, 6.07) is 51.1. The highest BCUT2D eigenvalue weighted by atomic mass is 14.8. The third-order valence-corrected chi connectivity index (χ3v) is 7.86. The largest absolute Gasteiger partial charge is 0.248 e. The van der Waals surface area contributed by atoms with Crippen molar-refractivity contribution in [1.29, 1.82) is 0 Å². The van der Waals surface area contributed by atoms with Crippen molar-refractivity contribution in [2.45, 2.75) is 0 Å². The Labute approximate surface area is 233 Å². The maximum absolute atomic E-state index is 5.08. The lowest BCUT2D eigenvalue weighted by atomic mass is 10.0.